The van der Waals surface area contributed by atoms with E-state index < -0.39 is 5.54 Å². The van der Waals surface area contributed by atoms with E-state index in [1.165, 1.54) is 6.07 Å². The maximum atomic E-state index is 11.6. The Morgan fingerprint density at radius 3 is 2.62 bits per heavy atom. The molecule has 0 aliphatic heterocycles. The van der Waals surface area contributed by atoms with E-state index in [9.17, 15) is 9.90 Å². The van der Waals surface area contributed by atoms with Crippen LogP contribution < -0.4 is 11.1 Å². The predicted octanol–water partition coefficient (Wildman–Crippen LogP) is 1.77. The lowest BCUT2D eigenvalue weighted by Crippen LogP contribution is -2.36. The minimum Gasteiger partial charge on any atom is -0.508 e. The summed E-state index contributed by atoms with van der Waals surface area (Å²) in [4.78, 5) is 11.6. The summed E-state index contributed by atoms with van der Waals surface area (Å²) < 4.78 is 0. The zero-order valence-electron chi connectivity index (χ0n) is 9.87. The molecule has 1 aromatic rings. The summed E-state index contributed by atoms with van der Waals surface area (Å²) in [5.74, 6) is 0.0657. The Labute approximate surface area is 95.5 Å². The standard InChI is InChI=1S/C12H18N2O2/c1-8-6-9(15)4-5-10(8)14-11(16)7-12(2,3)13/h4-6,15H,7,13H2,1-3H3,(H,14,16). The lowest BCUT2D eigenvalue weighted by Gasteiger charge is -2.18. The van der Waals surface area contributed by atoms with Crippen molar-refractivity contribution in [2.75, 3.05) is 5.32 Å². The van der Waals surface area contributed by atoms with Gasteiger partial charge in [-0.25, -0.2) is 0 Å². The lowest BCUT2D eigenvalue weighted by molar-refractivity contribution is -0.117. The number of aryl methyl sites for hydroxylation is 1. The van der Waals surface area contributed by atoms with Crippen LogP contribution in [0.2, 0.25) is 0 Å². The molecular weight excluding hydrogens is 204 g/mol. The third-order valence-electron chi connectivity index (χ3n) is 2.10. The highest BCUT2D eigenvalue weighted by Crippen LogP contribution is 2.20. The van der Waals surface area contributed by atoms with Gasteiger partial charge in [-0.3, -0.25) is 4.79 Å². The van der Waals surface area contributed by atoms with Crippen LogP contribution in [0.1, 0.15) is 25.8 Å². The summed E-state index contributed by atoms with van der Waals surface area (Å²) in [5.41, 5.74) is 6.76. The van der Waals surface area contributed by atoms with Crippen LogP contribution in [-0.2, 0) is 4.79 Å². The molecule has 0 unspecified atom stereocenters. The second-order valence-electron chi connectivity index (χ2n) is 4.71. The normalized spacial score (nSPS) is 11.2. The number of nitrogens with one attached hydrogen (secondary N) is 1. The number of amides is 1. The molecule has 0 aliphatic carbocycles. The fraction of sp³-hybridized carbons (Fsp3) is 0.417. The SMILES string of the molecule is Cc1cc(O)ccc1NC(=O)CC(C)(C)N. The molecule has 16 heavy (non-hydrogen) atoms. The van der Waals surface area contributed by atoms with Crippen LogP contribution in [0.3, 0.4) is 0 Å². The molecule has 1 aromatic carbocycles. The quantitative estimate of drug-likeness (QED) is 0.682. The number of hydrogen-bond donors (Lipinski definition) is 3. The van der Waals surface area contributed by atoms with E-state index >= 15 is 0 Å². The summed E-state index contributed by atoms with van der Waals surface area (Å²) in [7, 11) is 0. The number of anilines is 1. The number of benzene rings is 1. The van der Waals surface area contributed by atoms with Crippen LogP contribution in [0.15, 0.2) is 18.2 Å². The molecule has 0 bridgehead atoms. The van der Waals surface area contributed by atoms with E-state index in [4.69, 9.17) is 5.73 Å². The van der Waals surface area contributed by atoms with E-state index in [1.54, 1.807) is 26.0 Å². The van der Waals surface area contributed by atoms with Gasteiger partial charge in [-0.1, -0.05) is 0 Å². The van der Waals surface area contributed by atoms with Crippen molar-refractivity contribution >= 4 is 11.6 Å². The molecule has 0 heterocycles. The van der Waals surface area contributed by atoms with E-state index in [-0.39, 0.29) is 18.1 Å². The first-order valence-electron chi connectivity index (χ1n) is 5.16. The molecule has 4 nitrogen and oxygen atoms in total. The lowest BCUT2D eigenvalue weighted by atomic mass is 10.0. The van der Waals surface area contributed by atoms with Crippen LogP contribution >= 0.6 is 0 Å². The van der Waals surface area contributed by atoms with Gasteiger partial charge in [-0.05, 0) is 44.5 Å². The van der Waals surface area contributed by atoms with Gasteiger partial charge >= 0.3 is 0 Å². The molecular formula is C12H18N2O2. The molecule has 0 radical (unpaired) electrons. The second kappa shape index (κ2) is 4.53. The molecule has 1 amide bonds. The number of rotatable bonds is 3. The van der Waals surface area contributed by atoms with Crippen molar-refractivity contribution in [1.29, 1.82) is 0 Å². The summed E-state index contributed by atoms with van der Waals surface area (Å²) >= 11 is 0. The fourth-order valence-electron chi connectivity index (χ4n) is 1.40. The average Bonchev–Trinajstić information content (AvgIpc) is 2.06. The van der Waals surface area contributed by atoms with Crippen LogP contribution in [0.4, 0.5) is 5.69 Å². The van der Waals surface area contributed by atoms with Gasteiger partial charge in [0.2, 0.25) is 5.91 Å². The molecule has 0 fully saturated rings. The zero-order valence-corrected chi connectivity index (χ0v) is 9.87. The minimum absolute atomic E-state index is 0.124. The molecule has 1 rings (SSSR count). The van der Waals surface area contributed by atoms with Crippen molar-refractivity contribution in [1.82, 2.24) is 0 Å². The van der Waals surface area contributed by atoms with Gasteiger partial charge in [-0.2, -0.15) is 0 Å². The monoisotopic (exact) mass is 222 g/mol. The Hall–Kier alpha value is -1.55. The van der Waals surface area contributed by atoms with Crippen LogP contribution in [-0.4, -0.2) is 16.6 Å². The third-order valence-corrected chi connectivity index (χ3v) is 2.10. The van der Waals surface area contributed by atoms with Crippen LogP contribution in [0.25, 0.3) is 0 Å². The zero-order chi connectivity index (χ0) is 12.3. The van der Waals surface area contributed by atoms with E-state index in [2.05, 4.69) is 5.32 Å². The molecule has 0 saturated carbocycles. The van der Waals surface area contributed by atoms with Gasteiger partial charge in [0.1, 0.15) is 5.75 Å². The van der Waals surface area contributed by atoms with E-state index in [0.717, 1.165) is 5.56 Å². The van der Waals surface area contributed by atoms with Crippen molar-refractivity contribution < 1.29 is 9.90 Å². The first-order valence-corrected chi connectivity index (χ1v) is 5.16. The van der Waals surface area contributed by atoms with Gasteiger partial charge in [0, 0.05) is 17.6 Å². The number of aromatic hydroxyl groups is 1. The summed E-state index contributed by atoms with van der Waals surface area (Å²) in [6, 6.07) is 4.81. The summed E-state index contributed by atoms with van der Waals surface area (Å²) in [5, 5.41) is 12.0. The fourth-order valence-corrected chi connectivity index (χ4v) is 1.40. The van der Waals surface area contributed by atoms with Crippen molar-refractivity contribution in [3.05, 3.63) is 23.8 Å². The van der Waals surface area contributed by atoms with Crippen molar-refractivity contribution in [3.63, 3.8) is 0 Å². The van der Waals surface area contributed by atoms with Gasteiger partial charge < -0.3 is 16.2 Å². The molecule has 0 spiro atoms. The molecule has 4 heteroatoms. The molecule has 0 aliphatic rings. The number of phenolic OH excluding ortho intramolecular Hbond substituents is 1. The topological polar surface area (TPSA) is 75.3 Å². The number of phenols is 1. The van der Waals surface area contributed by atoms with Crippen LogP contribution in [0, 0.1) is 6.92 Å². The number of hydrogen-bond acceptors (Lipinski definition) is 3. The van der Waals surface area contributed by atoms with Gasteiger partial charge in [0.15, 0.2) is 0 Å². The number of nitrogens with two attached hydrogens (primary N) is 1. The highest BCUT2D eigenvalue weighted by Gasteiger charge is 2.16. The molecule has 0 atom stereocenters. The van der Waals surface area contributed by atoms with Crippen LogP contribution in [0.5, 0.6) is 5.75 Å². The Bertz CT molecular complexity index is 394. The molecule has 4 N–H and O–H groups in total. The van der Waals surface area contributed by atoms with Gasteiger partial charge in [0.05, 0.1) is 0 Å². The highest BCUT2D eigenvalue weighted by molar-refractivity contribution is 5.92. The van der Waals surface area contributed by atoms with Crippen molar-refractivity contribution in [3.8, 4) is 5.75 Å². The largest absolute Gasteiger partial charge is 0.508 e. The van der Waals surface area contributed by atoms with Crippen molar-refractivity contribution in [2.24, 2.45) is 5.73 Å². The smallest absolute Gasteiger partial charge is 0.226 e. The Morgan fingerprint density at radius 1 is 1.50 bits per heavy atom. The first-order chi connectivity index (χ1) is 7.28. The van der Waals surface area contributed by atoms with E-state index in [0.29, 0.717) is 5.69 Å². The summed E-state index contributed by atoms with van der Waals surface area (Å²) in [6.07, 6.45) is 0.257. The van der Waals surface area contributed by atoms with Gasteiger partial charge in [-0.15, -0.1) is 0 Å². The van der Waals surface area contributed by atoms with Gasteiger partial charge in [0.25, 0.3) is 0 Å². The average molecular weight is 222 g/mol. The predicted molar refractivity (Wildman–Crippen MR) is 64.4 cm³/mol. The Balaban J connectivity index is 2.70. The second-order valence-corrected chi connectivity index (χ2v) is 4.71. The summed E-state index contributed by atoms with van der Waals surface area (Å²) in [6.45, 7) is 5.43. The maximum Gasteiger partial charge on any atom is 0.226 e. The van der Waals surface area contributed by atoms with Crippen molar-refractivity contribution in [2.45, 2.75) is 32.7 Å². The Morgan fingerprint density at radius 2 is 2.12 bits per heavy atom. The first kappa shape index (κ1) is 12.5. The minimum atomic E-state index is -0.519. The number of carbonyl (C=O) groups excluding carboxylic acids is 1. The molecule has 88 valence electrons. The maximum absolute atomic E-state index is 11.6. The third kappa shape index (κ3) is 3.90. The molecule has 0 aromatic heterocycles. The molecule has 0 saturated heterocycles. The Kier molecular flexibility index (Phi) is 3.55. The number of carbonyl (C=O) groups is 1. The van der Waals surface area contributed by atoms with E-state index in [1.807, 2.05) is 6.92 Å². The highest BCUT2D eigenvalue weighted by atomic mass is 16.3.